The molecule has 0 aromatic heterocycles. The zero-order chi connectivity index (χ0) is 13.4. The molecule has 0 atom stereocenters. The topological polar surface area (TPSA) is 29.5 Å². The van der Waals surface area contributed by atoms with Crippen molar-refractivity contribution >= 4 is 18.4 Å². The van der Waals surface area contributed by atoms with Crippen LogP contribution < -0.4 is 0 Å². The van der Waals surface area contributed by atoms with E-state index < -0.39 is 0 Å². The first-order chi connectivity index (χ1) is 8.59. The number of halogens is 1. The Hall–Kier alpha value is -1.06. The first-order valence-corrected chi connectivity index (χ1v) is 6.48. The maximum atomic E-state index is 11.3. The summed E-state index contributed by atoms with van der Waals surface area (Å²) in [5, 5.41) is 0. The number of likely N-dealkylation sites (N-methyl/N-ethyl adjacent to an activating group) is 1. The van der Waals surface area contributed by atoms with E-state index in [0.29, 0.717) is 6.61 Å². The summed E-state index contributed by atoms with van der Waals surface area (Å²) in [5.41, 5.74) is 1.34. The SMILES string of the molecule is CC(C)C(=O)OCCN(C)CCc1ccccc1.Cl. The predicted molar refractivity (Wildman–Crippen MR) is 80.7 cm³/mol. The molecule has 4 heteroatoms. The zero-order valence-electron chi connectivity index (χ0n) is 12.0. The van der Waals surface area contributed by atoms with Crippen molar-refractivity contribution in [3.63, 3.8) is 0 Å². The van der Waals surface area contributed by atoms with Crippen LogP contribution in [0.25, 0.3) is 0 Å². The average molecular weight is 286 g/mol. The predicted octanol–water partition coefficient (Wildman–Crippen LogP) is 2.78. The van der Waals surface area contributed by atoms with E-state index in [4.69, 9.17) is 4.74 Å². The Kier molecular flexibility index (Phi) is 9.27. The van der Waals surface area contributed by atoms with E-state index in [2.05, 4.69) is 29.2 Å². The zero-order valence-corrected chi connectivity index (χ0v) is 12.8. The lowest BCUT2D eigenvalue weighted by Gasteiger charge is -2.16. The highest BCUT2D eigenvalue weighted by atomic mass is 35.5. The quantitative estimate of drug-likeness (QED) is 0.722. The van der Waals surface area contributed by atoms with Gasteiger partial charge in [-0.05, 0) is 19.0 Å². The molecule has 0 aliphatic carbocycles. The van der Waals surface area contributed by atoms with Gasteiger partial charge in [0.15, 0.2) is 0 Å². The van der Waals surface area contributed by atoms with Crippen molar-refractivity contribution in [2.75, 3.05) is 26.7 Å². The average Bonchev–Trinajstić information content (AvgIpc) is 2.37. The molecule has 0 spiro atoms. The molecule has 0 saturated carbocycles. The van der Waals surface area contributed by atoms with Crippen LogP contribution in [0.3, 0.4) is 0 Å². The van der Waals surface area contributed by atoms with Gasteiger partial charge in [-0.15, -0.1) is 12.4 Å². The fourth-order valence-corrected chi connectivity index (χ4v) is 1.55. The molecule has 0 bridgehead atoms. The molecule has 1 aromatic carbocycles. The molecule has 108 valence electrons. The van der Waals surface area contributed by atoms with Crippen LogP contribution in [-0.4, -0.2) is 37.6 Å². The van der Waals surface area contributed by atoms with Crippen LogP contribution in [0.5, 0.6) is 0 Å². The minimum atomic E-state index is -0.119. The minimum absolute atomic E-state index is 0. The number of benzene rings is 1. The number of ether oxygens (including phenoxy) is 1. The Labute approximate surface area is 122 Å². The standard InChI is InChI=1S/C15H23NO2.ClH/c1-13(2)15(17)18-12-11-16(3)10-9-14-7-5-4-6-8-14;/h4-8,13H,9-12H2,1-3H3;1H. The van der Waals surface area contributed by atoms with Gasteiger partial charge in [-0.2, -0.15) is 0 Å². The van der Waals surface area contributed by atoms with Gasteiger partial charge in [0.05, 0.1) is 5.92 Å². The van der Waals surface area contributed by atoms with E-state index in [1.165, 1.54) is 5.56 Å². The van der Waals surface area contributed by atoms with Crippen LogP contribution in [-0.2, 0) is 16.0 Å². The van der Waals surface area contributed by atoms with Crippen molar-refractivity contribution in [2.45, 2.75) is 20.3 Å². The van der Waals surface area contributed by atoms with Gasteiger partial charge < -0.3 is 9.64 Å². The Bertz CT molecular complexity index is 354. The van der Waals surface area contributed by atoms with Crippen LogP contribution in [0.1, 0.15) is 19.4 Å². The van der Waals surface area contributed by atoms with Gasteiger partial charge in [-0.1, -0.05) is 44.2 Å². The van der Waals surface area contributed by atoms with E-state index in [-0.39, 0.29) is 24.3 Å². The summed E-state index contributed by atoms with van der Waals surface area (Å²) in [7, 11) is 2.05. The second kappa shape index (κ2) is 9.82. The van der Waals surface area contributed by atoms with E-state index in [9.17, 15) is 4.79 Å². The summed E-state index contributed by atoms with van der Waals surface area (Å²) in [5.74, 6) is -0.161. The fraction of sp³-hybridized carbons (Fsp3) is 0.533. The highest BCUT2D eigenvalue weighted by Crippen LogP contribution is 2.01. The Morgan fingerprint density at radius 2 is 1.84 bits per heavy atom. The highest BCUT2D eigenvalue weighted by molar-refractivity contribution is 5.85. The third-order valence-corrected chi connectivity index (χ3v) is 2.81. The molecule has 0 aliphatic rings. The van der Waals surface area contributed by atoms with Gasteiger partial charge >= 0.3 is 5.97 Å². The van der Waals surface area contributed by atoms with Crippen molar-refractivity contribution in [1.82, 2.24) is 4.90 Å². The van der Waals surface area contributed by atoms with E-state index in [0.717, 1.165) is 19.5 Å². The molecule has 0 heterocycles. The number of esters is 1. The molecular weight excluding hydrogens is 262 g/mol. The Morgan fingerprint density at radius 1 is 1.21 bits per heavy atom. The van der Waals surface area contributed by atoms with Crippen LogP contribution in [0, 0.1) is 5.92 Å². The molecular formula is C15H24ClNO2. The van der Waals surface area contributed by atoms with Gasteiger partial charge in [-0.25, -0.2) is 0 Å². The molecule has 3 nitrogen and oxygen atoms in total. The lowest BCUT2D eigenvalue weighted by Crippen LogP contribution is -2.27. The van der Waals surface area contributed by atoms with E-state index in [1.54, 1.807) is 0 Å². The maximum Gasteiger partial charge on any atom is 0.308 e. The Morgan fingerprint density at radius 3 is 2.42 bits per heavy atom. The number of hydrogen-bond donors (Lipinski definition) is 0. The van der Waals surface area contributed by atoms with Crippen molar-refractivity contribution in [1.29, 1.82) is 0 Å². The van der Waals surface area contributed by atoms with Gasteiger partial charge in [0, 0.05) is 13.1 Å². The molecule has 0 radical (unpaired) electrons. The van der Waals surface area contributed by atoms with Crippen LogP contribution in [0.4, 0.5) is 0 Å². The van der Waals surface area contributed by atoms with E-state index >= 15 is 0 Å². The largest absolute Gasteiger partial charge is 0.464 e. The third kappa shape index (κ3) is 7.85. The summed E-state index contributed by atoms with van der Waals surface area (Å²) in [4.78, 5) is 13.4. The van der Waals surface area contributed by atoms with E-state index in [1.807, 2.05) is 27.0 Å². The van der Waals surface area contributed by atoms with Gasteiger partial charge in [0.25, 0.3) is 0 Å². The normalized spacial score (nSPS) is 10.4. The monoisotopic (exact) mass is 285 g/mol. The summed E-state index contributed by atoms with van der Waals surface area (Å²) in [6.45, 7) is 5.93. The van der Waals surface area contributed by atoms with Crippen molar-refractivity contribution < 1.29 is 9.53 Å². The molecule has 0 aliphatic heterocycles. The highest BCUT2D eigenvalue weighted by Gasteiger charge is 2.08. The Balaban J connectivity index is 0.00000324. The summed E-state index contributed by atoms with van der Waals surface area (Å²) in [6.07, 6.45) is 1.02. The summed E-state index contributed by atoms with van der Waals surface area (Å²) in [6, 6.07) is 10.4. The summed E-state index contributed by atoms with van der Waals surface area (Å²) < 4.78 is 5.15. The third-order valence-electron chi connectivity index (χ3n) is 2.81. The number of nitrogens with zero attached hydrogens (tertiary/aromatic N) is 1. The molecule has 0 saturated heterocycles. The first-order valence-electron chi connectivity index (χ1n) is 6.48. The van der Waals surface area contributed by atoms with Crippen LogP contribution >= 0.6 is 12.4 Å². The molecule has 19 heavy (non-hydrogen) atoms. The molecule has 0 N–H and O–H groups in total. The lowest BCUT2D eigenvalue weighted by atomic mass is 10.1. The van der Waals surface area contributed by atoms with Crippen molar-refractivity contribution in [3.8, 4) is 0 Å². The van der Waals surface area contributed by atoms with Crippen molar-refractivity contribution in [3.05, 3.63) is 35.9 Å². The fourth-order valence-electron chi connectivity index (χ4n) is 1.55. The first kappa shape index (κ1) is 17.9. The van der Waals surface area contributed by atoms with Gasteiger partial charge in [-0.3, -0.25) is 4.79 Å². The molecule has 0 amide bonds. The molecule has 0 unspecified atom stereocenters. The number of carbonyl (C=O) groups excluding carboxylic acids is 1. The number of hydrogen-bond acceptors (Lipinski definition) is 3. The minimum Gasteiger partial charge on any atom is -0.464 e. The van der Waals surface area contributed by atoms with Gasteiger partial charge in [0.1, 0.15) is 6.61 Å². The number of carbonyl (C=O) groups is 1. The van der Waals surface area contributed by atoms with Crippen molar-refractivity contribution in [2.24, 2.45) is 5.92 Å². The van der Waals surface area contributed by atoms with Crippen LogP contribution in [0.15, 0.2) is 30.3 Å². The molecule has 1 rings (SSSR count). The van der Waals surface area contributed by atoms with Crippen LogP contribution in [0.2, 0.25) is 0 Å². The second-order valence-corrected chi connectivity index (χ2v) is 4.86. The number of rotatable bonds is 7. The van der Waals surface area contributed by atoms with Gasteiger partial charge in [0.2, 0.25) is 0 Å². The maximum absolute atomic E-state index is 11.3. The summed E-state index contributed by atoms with van der Waals surface area (Å²) >= 11 is 0. The lowest BCUT2D eigenvalue weighted by molar-refractivity contribution is -0.147. The smallest absolute Gasteiger partial charge is 0.308 e. The molecule has 0 fully saturated rings. The molecule has 1 aromatic rings. The second-order valence-electron chi connectivity index (χ2n) is 4.86.